The minimum atomic E-state index is -0.819. The number of aryl methyl sites for hydroxylation is 2. The number of aliphatic hydroxyl groups excluding tert-OH is 2. The van der Waals surface area contributed by atoms with Crippen LogP contribution in [0.15, 0.2) is 36.4 Å². The zero-order chi connectivity index (χ0) is 13.7. The lowest BCUT2D eigenvalue weighted by Gasteiger charge is -2.31. The highest BCUT2D eigenvalue weighted by Gasteiger charge is 2.31. The molecule has 2 heteroatoms. The molecule has 2 nitrogen and oxygen atoms in total. The number of aliphatic hydroxyl groups is 2. The van der Waals surface area contributed by atoms with Crippen LogP contribution in [0.2, 0.25) is 0 Å². The molecule has 0 aromatic heterocycles. The normalized spacial score (nSPS) is 23.7. The molecule has 0 spiro atoms. The van der Waals surface area contributed by atoms with Gasteiger partial charge in [0.2, 0.25) is 0 Å². The predicted molar refractivity (Wildman–Crippen MR) is 78.4 cm³/mol. The number of hydrogen-bond acceptors (Lipinski definition) is 2. The van der Waals surface area contributed by atoms with E-state index >= 15 is 0 Å². The van der Waals surface area contributed by atoms with E-state index in [1.165, 1.54) is 24.0 Å². The zero-order valence-electron chi connectivity index (χ0n) is 11.3. The molecule has 0 radical (unpaired) electrons. The van der Waals surface area contributed by atoms with Crippen LogP contribution in [0.3, 0.4) is 0 Å². The van der Waals surface area contributed by atoms with Crippen LogP contribution in [-0.4, -0.2) is 10.2 Å². The van der Waals surface area contributed by atoms with Gasteiger partial charge >= 0.3 is 0 Å². The van der Waals surface area contributed by atoms with E-state index < -0.39 is 12.2 Å². The summed E-state index contributed by atoms with van der Waals surface area (Å²) in [6, 6.07) is 12.2. The van der Waals surface area contributed by atoms with Crippen LogP contribution in [0, 0.1) is 0 Å². The van der Waals surface area contributed by atoms with E-state index in [4.69, 9.17) is 0 Å². The van der Waals surface area contributed by atoms with Crippen molar-refractivity contribution in [1.82, 2.24) is 0 Å². The minimum Gasteiger partial charge on any atom is -0.385 e. The van der Waals surface area contributed by atoms with E-state index in [1.807, 2.05) is 24.3 Å². The topological polar surface area (TPSA) is 40.5 Å². The molecular formula is C18H18O2. The highest BCUT2D eigenvalue weighted by molar-refractivity contribution is 5.75. The maximum Gasteiger partial charge on any atom is 0.110 e. The highest BCUT2D eigenvalue weighted by atomic mass is 16.3. The molecule has 2 N–H and O–H groups in total. The lowest BCUT2D eigenvalue weighted by molar-refractivity contribution is 0.0157. The Morgan fingerprint density at radius 3 is 2.20 bits per heavy atom. The van der Waals surface area contributed by atoms with Gasteiger partial charge in [-0.15, -0.1) is 0 Å². The summed E-state index contributed by atoms with van der Waals surface area (Å²) in [6.45, 7) is 0. The number of fused-ring (bicyclic) bond motifs is 4. The Balaban J connectivity index is 1.98. The first-order chi connectivity index (χ1) is 9.75. The third-order valence-corrected chi connectivity index (χ3v) is 4.70. The summed E-state index contributed by atoms with van der Waals surface area (Å²) in [5.41, 5.74) is 6.64. The second kappa shape index (κ2) is 4.44. The number of hydrogen-bond donors (Lipinski definition) is 2. The van der Waals surface area contributed by atoms with Crippen molar-refractivity contribution in [1.29, 1.82) is 0 Å². The van der Waals surface area contributed by atoms with Crippen molar-refractivity contribution in [2.75, 3.05) is 0 Å². The standard InChI is InChI=1S/C18H18O2/c19-17-14-8-4-3-7-13(14)15-9-11-5-1-2-6-12(11)10-16(15)18(17)20/h3-4,7-10,17-20H,1-2,5-6H2/t17-,18-/m0/s1. The van der Waals surface area contributed by atoms with Gasteiger partial charge in [-0.1, -0.05) is 36.4 Å². The average molecular weight is 266 g/mol. The molecule has 0 fully saturated rings. The van der Waals surface area contributed by atoms with E-state index in [1.54, 1.807) is 0 Å². The summed E-state index contributed by atoms with van der Waals surface area (Å²) in [4.78, 5) is 0. The van der Waals surface area contributed by atoms with Crippen molar-refractivity contribution >= 4 is 0 Å². The Hall–Kier alpha value is -1.64. The molecule has 0 saturated heterocycles. The summed E-state index contributed by atoms with van der Waals surface area (Å²) >= 11 is 0. The van der Waals surface area contributed by atoms with Crippen molar-refractivity contribution in [3.8, 4) is 11.1 Å². The number of rotatable bonds is 0. The molecule has 0 bridgehead atoms. The largest absolute Gasteiger partial charge is 0.385 e. The molecule has 2 aromatic rings. The zero-order valence-corrected chi connectivity index (χ0v) is 11.3. The van der Waals surface area contributed by atoms with E-state index in [2.05, 4.69) is 12.1 Å². The first kappa shape index (κ1) is 12.1. The van der Waals surface area contributed by atoms with Gasteiger partial charge in [-0.05, 0) is 59.1 Å². The van der Waals surface area contributed by atoms with Crippen molar-refractivity contribution in [2.24, 2.45) is 0 Å². The van der Waals surface area contributed by atoms with E-state index in [0.29, 0.717) is 0 Å². The second-order valence-electron chi connectivity index (χ2n) is 5.89. The molecule has 2 atom stereocenters. The molecule has 2 aromatic carbocycles. The van der Waals surface area contributed by atoms with Crippen molar-refractivity contribution < 1.29 is 10.2 Å². The molecule has 0 aliphatic heterocycles. The molecule has 0 amide bonds. The quantitative estimate of drug-likeness (QED) is 0.768. The van der Waals surface area contributed by atoms with Gasteiger partial charge in [0, 0.05) is 0 Å². The van der Waals surface area contributed by atoms with Crippen molar-refractivity contribution in [2.45, 2.75) is 37.9 Å². The third kappa shape index (κ3) is 1.65. The van der Waals surface area contributed by atoms with Gasteiger partial charge in [0.1, 0.15) is 12.2 Å². The van der Waals surface area contributed by atoms with Gasteiger partial charge < -0.3 is 10.2 Å². The molecule has 20 heavy (non-hydrogen) atoms. The van der Waals surface area contributed by atoms with E-state index in [9.17, 15) is 10.2 Å². The Kier molecular flexibility index (Phi) is 2.69. The van der Waals surface area contributed by atoms with Crippen LogP contribution >= 0.6 is 0 Å². The van der Waals surface area contributed by atoms with E-state index in [0.717, 1.165) is 35.1 Å². The maximum absolute atomic E-state index is 10.4. The fourth-order valence-electron chi connectivity index (χ4n) is 3.62. The molecule has 4 rings (SSSR count). The van der Waals surface area contributed by atoms with E-state index in [-0.39, 0.29) is 0 Å². The Bertz CT molecular complexity index is 675. The molecule has 102 valence electrons. The van der Waals surface area contributed by atoms with Crippen LogP contribution in [0.25, 0.3) is 11.1 Å². The molecular weight excluding hydrogens is 248 g/mol. The van der Waals surface area contributed by atoms with Crippen LogP contribution < -0.4 is 0 Å². The summed E-state index contributed by atoms with van der Waals surface area (Å²) in [5.74, 6) is 0. The first-order valence-corrected chi connectivity index (χ1v) is 7.37. The van der Waals surface area contributed by atoms with Crippen molar-refractivity contribution in [3.05, 3.63) is 58.7 Å². The fourth-order valence-corrected chi connectivity index (χ4v) is 3.62. The Labute approximate surface area is 118 Å². The van der Waals surface area contributed by atoms with Crippen LogP contribution in [0.4, 0.5) is 0 Å². The van der Waals surface area contributed by atoms with Gasteiger partial charge in [-0.3, -0.25) is 0 Å². The Morgan fingerprint density at radius 1 is 0.750 bits per heavy atom. The fraction of sp³-hybridized carbons (Fsp3) is 0.333. The van der Waals surface area contributed by atoms with Gasteiger partial charge in [0.25, 0.3) is 0 Å². The Morgan fingerprint density at radius 2 is 1.40 bits per heavy atom. The predicted octanol–water partition coefficient (Wildman–Crippen LogP) is 3.31. The molecule has 0 unspecified atom stereocenters. The van der Waals surface area contributed by atoms with Crippen LogP contribution in [-0.2, 0) is 12.8 Å². The lowest BCUT2D eigenvalue weighted by Crippen LogP contribution is -2.18. The van der Waals surface area contributed by atoms with Crippen LogP contribution in [0.5, 0.6) is 0 Å². The van der Waals surface area contributed by atoms with Gasteiger partial charge in [0.05, 0.1) is 0 Å². The van der Waals surface area contributed by atoms with Gasteiger partial charge in [-0.2, -0.15) is 0 Å². The van der Waals surface area contributed by atoms with Crippen LogP contribution in [0.1, 0.15) is 47.3 Å². The highest BCUT2D eigenvalue weighted by Crippen LogP contribution is 2.45. The average Bonchev–Trinajstić information content (AvgIpc) is 2.51. The van der Waals surface area contributed by atoms with Gasteiger partial charge in [0.15, 0.2) is 0 Å². The smallest absolute Gasteiger partial charge is 0.110 e. The SMILES string of the molecule is O[C@H]1c2ccccc2-c2cc3c(cc2[C@@H]1O)CCCC3. The molecule has 0 heterocycles. The molecule has 2 aliphatic rings. The summed E-state index contributed by atoms with van der Waals surface area (Å²) in [5, 5.41) is 20.8. The monoisotopic (exact) mass is 266 g/mol. The first-order valence-electron chi connectivity index (χ1n) is 7.37. The van der Waals surface area contributed by atoms with Crippen molar-refractivity contribution in [3.63, 3.8) is 0 Å². The maximum atomic E-state index is 10.4. The molecule has 0 saturated carbocycles. The minimum absolute atomic E-state index is 0.813. The summed E-state index contributed by atoms with van der Waals surface area (Å²) < 4.78 is 0. The summed E-state index contributed by atoms with van der Waals surface area (Å²) in [6.07, 6.45) is 3.06. The third-order valence-electron chi connectivity index (χ3n) is 4.70. The second-order valence-corrected chi connectivity index (χ2v) is 5.89. The van der Waals surface area contributed by atoms with Gasteiger partial charge in [-0.25, -0.2) is 0 Å². The summed E-state index contributed by atoms with van der Waals surface area (Å²) in [7, 11) is 0. The molecule has 2 aliphatic carbocycles. The lowest BCUT2D eigenvalue weighted by atomic mass is 9.78. The number of benzene rings is 2.